The minimum Gasteiger partial charge on any atom is -0.469 e. The summed E-state index contributed by atoms with van der Waals surface area (Å²) in [5, 5.41) is 0. The summed E-state index contributed by atoms with van der Waals surface area (Å²) in [6.45, 7) is 6.79. The van der Waals surface area contributed by atoms with Crippen molar-refractivity contribution in [3.05, 3.63) is 35.9 Å². The van der Waals surface area contributed by atoms with Gasteiger partial charge < -0.3 is 24.0 Å². The van der Waals surface area contributed by atoms with Gasteiger partial charge in [-0.05, 0) is 26.3 Å². The molecule has 1 aromatic rings. The van der Waals surface area contributed by atoms with Crippen LogP contribution in [0.1, 0.15) is 26.3 Å². The smallest absolute Gasteiger partial charge is 0.410 e. The third-order valence-electron chi connectivity index (χ3n) is 5.26. The number of methoxy groups -OCH3 is 1. The molecule has 2 heterocycles. The van der Waals surface area contributed by atoms with E-state index in [0.717, 1.165) is 5.56 Å². The van der Waals surface area contributed by atoms with Gasteiger partial charge in [0.05, 0.1) is 13.0 Å². The number of carbonyl (C=O) groups excluding carboxylic acids is 3. The molecule has 2 fully saturated rings. The molecule has 0 aliphatic carbocycles. The van der Waals surface area contributed by atoms with Gasteiger partial charge in [0.15, 0.2) is 0 Å². The fourth-order valence-corrected chi connectivity index (χ4v) is 3.88. The minimum absolute atomic E-state index is 0.163. The molecule has 0 bridgehead atoms. The molecule has 2 aliphatic rings. The van der Waals surface area contributed by atoms with E-state index in [0.29, 0.717) is 19.6 Å². The number of ether oxygens (including phenoxy) is 3. The number of hydrogen-bond donors (Lipinski definition) is 0. The Balaban J connectivity index is 1.63. The molecular formula is C21H28N2O6. The number of amides is 2. The minimum atomic E-state index is -0.593. The quantitative estimate of drug-likeness (QED) is 0.569. The SMILES string of the molecule is COC(=O)C1CN(C(=O)OCc2ccccc2)CC12CN(C(=O)OC(C)(C)C)C2. The maximum atomic E-state index is 12.6. The van der Waals surface area contributed by atoms with Crippen LogP contribution in [-0.2, 0) is 25.6 Å². The third-order valence-corrected chi connectivity index (χ3v) is 5.26. The summed E-state index contributed by atoms with van der Waals surface area (Å²) in [5.41, 5.74) is -0.237. The molecule has 2 saturated heterocycles. The first-order valence-electron chi connectivity index (χ1n) is 9.65. The van der Waals surface area contributed by atoms with Gasteiger partial charge in [-0.2, -0.15) is 0 Å². The zero-order valence-electron chi connectivity index (χ0n) is 17.3. The molecular weight excluding hydrogens is 376 g/mol. The number of carbonyl (C=O) groups is 3. The van der Waals surface area contributed by atoms with E-state index in [9.17, 15) is 14.4 Å². The molecule has 2 amide bonds. The maximum Gasteiger partial charge on any atom is 0.410 e. The van der Waals surface area contributed by atoms with Gasteiger partial charge in [-0.25, -0.2) is 9.59 Å². The van der Waals surface area contributed by atoms with Crippen LogP contribution in [0.15, 0.2) is 30.3 Å². The van der Waals surface area contributed by atoms with E-state index in [2.05, 4.69) is 0 Å². The van der Waals surface area contributed by atoms with Crippen molar-refractivity contribution in [3.8, 4) is 0 Å². The lowest BCUT2D eigenvalue weighted by atomic mass is 9.72. The van der Waals surface area contributed by atoms with Gasteiger partial charge >= 0.3 is 18.2 Å². The summed E-state index contributed by atoms with van der Waals surface area (Å²) in [5.74, 6) is -0.886. The van der Waals surface area contributed by atoms with Crippen LogP contribution in [0.2, 0.25) is 0 Å². The van der Waals surface area contributed by atoms with E-state index >= 15 is 0 Å². The van der Waals surface area contributed by atoms with Gasteiger partial charge in [-0.15, -0.1) is 0 Å². The van der Waals surface area contributed by atoms with E-state index in [-0.39, 0.29) is 19.1 Å². The van der Waals surface area contributed by atoms with Gasteiger partial charge in [-0.1, -0.05) is 30.3 Å². The molecule has 0 radical (unpaired) electrons. The Morgan fingerprint density at radius 3 is 2.24 bits per heavy atom. The number of benzene rings is 1. The highest BCUT2D eigenvalue weighted by molar-refractivity contribution is 5.78. The molecule has 29 heavy (non-hydrogen) atoms. The fourth-order valence-electron chi connectivity index (χ4n) is 3.88. The van der Waals surface area contributed by atoms with Crippen molar-refractivity contribution in [1.29, 1.82) is 0 Å². The predicted octanol–water partition coefficient (Wildman–Crippen LogP) is 2.67. The number of esters is 1. The highest BCUT2D eigenvalue weighted by Gasteiger charge is 2.60. The summed E-state index contributed by atoms with van der Waals surface area (Å²) in [7, 11) is 1.33. The molecule has 8 heteroatoms. The number of nitrogens with zero attached hydrogens (tertiary/aromatic N) is 2. The Morgan fingerprint density at radius 2 is 1.66 bits per heavy atom. The van der Waals surface area contributed by atoms with Gasteiger partial charge in [0.2, 0.25) is 0 Å². The van der Waals surface area contributed by atoms with Gasteiger partial charge in [0, 0.05) is 31.6 Å². The van der Waals surface area contributed by atoms with Crippen LogP contribution < -0.4 is 0 Å². The molecule has 1 atom stereocenters. The molecule has 2 aliphatic heterocycles. The zero-order chi connectivity index (χ0) is 21.2. The van der Waals surface area contributed by atoms with Crippen molar-refractivity contribution in [2.75, 3.05) is 33.3 Å². The first-order chi connectivity index (χ1) is 13.6. The Hall–Kier alpha value is -2.77. The van der Waals surface area contributed by atoms with E-state index in [1.54, 1.807) is 25.7 Å². The van der Waals surface area contributed by atoms with E-state index in [1.165, 1.54) is 12.0 Å². The Morgan fingerprint density at radius 1 is 1.03 bits per heavy atom. The second kappa shape index (κ2) is 7.93. The van der Waals surface area contributed by atoms with Crippen LogP contribution in [0.5, 0.6) is 0 Å². The van der Waals surface area contributed by atoms with Crippen molar-refractivity contribution in [2.45, 2.75) is 33.0 Å². The monoisotopic (exact) mass is 404 g/mol. The van der Waals surface area contributed by atoms with E-state index < -0.39 is 29.1 Å². The van der Waals surface area contributed by atoms with Crippen LogP contribution in [0, 0.1) is 11.3 Å². The summed E-state index contributed by atoms with van der Waals surface area (Å²) in [6, 6.07) is 9.40. The Bertz CT molecular complexity index is 767. The molecule has 0 aromatic heterocycles. The number of rotatable bonds is 3. The topological polar surface area (TPSA) is 85.4 Å². The van der Waals surface area contributed by atoms with E-state index in [1.807, 2.05) is 30.3 Å². The molecule has 158 valence electrons. The second-order valence-corrected chi connectivity index (χ2v) is 8.70. The number of hydrogen-bond acceptors (Lipinski definition) is 6. The van der Waals surface area contributed by atoms with Gasteiger partial charge in [0.1, 0.15) is 12.2 Å². The molecule has 1 spiro atoms. The lowest BCUT2D eigenvalue weighted by molar-refractivity contribution is -0.153. The van der Waals surface area contributed by atoms with Crippen LogP contribution >= 0.6 is 0 Å². The largest absolute Gasteiger partial charge is 0.469 e. The van der Waals surface area contributed by atoms with Crippen LogP contribution in [0.4, 0.5) is 9.59 Å². The maximum absolute atomic E-state index is 12.6. The normalized spacial score (nSPS) is 20.2. The van der Waals surface area contributed by atoms with Crippen molar-refractivity contribution >= 4 is 18.2 Å². The van der Waals surface area contributed by atoms with Crippen LogP contribution in [-0.4, -0.2) is 66.8 Å². The third kappa shape index (κ3) is 4.63. The summed E-state index contributed by atoms with van der Waals surface area (Å²) in [4.78, 5) is 40.3. The van der Waals surface area contributed by atoms with Gasteiger partial charge in [0.25, 0.3) is 0 Å². The predicted molar refractivity (Wildman–Crippen MR) is 104 cm³/mol. The van der Waals surface area contributed by atoms with Crippen molar-refractivity contribution in [2.24, 2.45) is 11.3 Å². The zero-order valence-corrected chi connectivity index (χ0v) is 17.3. The molecule has 0 saturated carbocycles. The molecule has 0 N–H and O–H groups in total. The Kier molecular flexibility index (Phi) is 5.73. The van der Waals surface area contributed by atoms with Crippen molar-refractivity contribution in [1.82, 2.24) is 9.80 Å². The standard InChI is InChI=1S/C21H28N2O6/c1-20(2,3)29-19(26)23-13-21(14-23)12-22(10-16(21)17(24)27-4)18(25)28-11-15-8-6-5-7-9-15/h5-9,16H,10-14H2,1-4H3. The highest BCUT2D eigenvalue weighted by atomic mass is 16.6. The average molecular weight is 404 g/mol. The first-order valence-corrected chi connectivity index (χ1v) is 9.65. The molecule has 3 rings (SSSR count). The average Bonchev–Trinajstić information content (AvgIpc) is 3.05. The summed E-state index contributed by atoms with van der Waals surface area (Å²) >= 11 is 0. The molecule has 8 nitrogen and oxygen atoms in total. The molecule has 1 unspecified atom stereocenters. The van der Waals surface area contributed by atoms with E-state index in [4.69, 9.17) is 14.2 Å². The fraction of sp³-hybridized carbons (Fsp3) is 0.571. The van der Waals surface area contributed by atoms with Crippen LogP contribution in [0.25, 0.3) is 0 Å². The van der Waals surface area contributed by atoms with Gasteiger partial charge in [-0.3, -0.25) is 4.79 Å². The van der Waals surface area contributed by atoms with Crippen LogP contribution in [0.3, 0.4) is 0 Å². The highest BCUT2D eigenvalue weighted by Crippen LogP contribution is 2.45. The summed E-state index contributed by atoms with van der Waals surface area (Å²) in [6.07, 6.45) is -0.896. The summed E-state index contributed by atoms with van der Waals surface area (Å²) < 4.78 is 15.7. The van der Waals surface area contributed by atoms with Crippen molar-refractivity contribution in [3.63, 3.8) is 0 Å². The second-order valence-electron chi connectivity index (χ2n) is 8.70. The molecule has 1 aromatic carbocycles. The lowest BCUT2D eigenvalue weighted by Crippen LogP contribution is -2.63. The Labute approximate surface area is 170 Å². The lowest BCUT2D eigenvalue weighted by Gasteiger charge is -2.49. The van der Waals surface area contributed by atoms with Crippen molar-refractivity contribution < 1.29 is 28.6 Å². The first kappa shape index (κ1) is 21.0. The number of likely N-dealkylation sites (tertiary alicyclic amines) is 2.